The minimum atomic E-state index is 1.07. The van der Waals surface area contributed by atoms with E-state index in [0.717, 1.165) is 5.57 Å². The SMILES string of the molecule is CN=C/C=C\C(C)=C\OC. The Hall–Kier alpha value is -1.05. The number of methoxy groups -OCH3 is 1. The number of allylic oxidation sites excluding steroid dienone is 3. The summed E-state index contributed by atoms with van der Waals surface area (Å²) >= 11 is 0. The third-order valence-electron chi connectivity index (χ3n) is 0.898. The van der Waals surface area contributed by atoms with Crippen molar-refractivity contribution >= 4 is 6.21 Å². The Bertz CT molecular complexity index is 157. The zero-order valence-electron chi connectivity index (χ0n) is 6.66. The lowest BCUT2D eigenvalue weighted by atomic mass is 10.3. The van der Waals surface area contributed by atoms with E-state index in [1.807, 2.05) is 19.1 Å². The topological polar surface area (TPSA) is 21.6 Å². The third kappa shape index (κ3) is 5.09. The second kappa shape index (κ2) is 6.08. The van der Waals surface area contributed by atoms with Gasteiger partial charge in [-0.25, -0.2) is 0 Å². The second-order valence-corrected chi connectivity index (χ2v) is 1.86. The molecule has 2 heteroatoms. The van der Waals surface area contributed by atoms with E-state index in [4.69, 9.17) is 4.74 Å². The Morgan fingerprint density at radius 3 is 2.70 bits per heavy atom. The van der Waals surface area contributed by atoms with Crippen molar-refractivity contribution in [2.75, 3.05) is 14.2 Å². The minimum absolute atomic E-state index is 1.07. The molecule has 0 aliphatic rings. The summed E-state index contributed by atoms with van der Waals surface area (Å²) < 4.78 is 4.78. The maximum Gasteiger partial charge on any atom is 0.0853 e. The van der Waals surface area contributed by atoms with Crippen LogP contribution < -0.4 is 0 Å². The molecule has 0 bridgehead atoms. The number of rotatable bonds is 3. The van der Waals surface area contributed by atoms with Gasteiger partial charge in [-0.2, -0.15) is 0 Å². The summed E-state index contributed by atoms with van der Waals surface area (Å²) in [6, 6.07) is 0. The average Bonchev–Trinajstić information content (AvgIpc) is 1.89. The Balaban J connectivity index is 3.76. The van der Waals surface area contributed by atoms with Gasteiger partial charge in [-0.1, -0.05) is 6.08 Å². The molecule has 0 heterocycles. The van der Waals surface area contributed by atoms with Crippen LogP contribution >= 0.6 is 0 Å². The van der Waals surface area contributed by atoms with Gasteiger partial charge in [0.2, 0.25) is 0 Å². The van der Waals surface area contributed by atoms with Crippen LogP contribution in [0.4, 0.5) is 0 Å². The molecule has 0 aliphatic heterocycles. The van der Waals surface area contributed by atoms with E-state index in [2.05, 4.69) is 4.99 Å². The van der Waals surface area contributed by atoms with Crippen molar-refractivity contribution in [3.05, 3.63) is 24.0 Å². The van der Waals surface area contributed by atoms with Crippen molar-refractivity contribution in [3.8, 4) is 0 Å². The molecule has 0 aromatic carbocycles. The summed E-state index contributed by atoms with van der Waals surface area (Å²) in [5, 5.41) is 0. The van der Waals surface area contributed by atoms with Gasteiger partial charge in [-0.15, -0.1) is 0 Å². The molecular weight excluding hydrogens is 126 g/mol. The Morgan fingerprint density at radius 1 is 1.50 bits per heavy atom. The molecule has 56 valence electrons. The summed E-state index contributed by atoms with van der Waals surface area (Å²) in [7, 11) is 3.37. The fourth-order valence-corrected chi connectivity index (χ4v) is 0.506. The molecule has 0 aliphatic carbocycles. The molecule has 0 rings (SSSR count). The molecule has 0 N–H and O–H groups in total. The van der Waals surface area contributed by atoms with Crippen molar-refractivity contribution in [1.82, 2.24) is 0 Å². The summed E-state index contributed by atoms with van der Waals surface area (Å²) in [4.78, 5) is 3.79. The zero-order valence-corrected chi connectivity index (χ0v) is 6.66. The molecular formula is C8H13NO. The molecule has 0 fully saturated rings. The number of ether oxygens (including phenoxy) is 1. The molecule has 2 nitrogen and oxygen atoms in total. The lowest BCUT2D eigenvalue weighted by Crippen LogP contribution is -1.72. The average molecular weight is 139 g/mol. The Morgan fingerprint density at radius 2 is 2.20 bits per heavy atom. The Labute approximate surface area is 61.9 Å². The number of aliphatic imine (C=N–C) groups is 1. The highest BCUT2D eigenvalue weighted by atomic mass is 16.5. The van der Waals surface area contributed by atoms with Crippen molar-refractivity contribution in [2.24, 2.45) is 4.99 Å². The van der Waals surface area contributed by atoms with E-state index in [1.54, 1.807) is 26.6 Å². The fourth-order valence-electron chi connectivity index (χ4n) is 0.506. The monoisotopic (exact) mass is 139 g/mol. The third-order valence-corrected chi connectivity index (χ3v) is 0.898. The first-order chi connectivity index (χ1) is 4.81. The van der Waals surface area contributed by atoms with Crippen LogP contribution in [-0.4, -0.2) is 20.4 Å². The zero-order chi connectivity index (χ0) is 7.82. The van der Waals surface area contributed by atoms with Crippen molar-refractivity contribution in [1.29, 1.82) is 0 Å². The van der Waals surface area contributed by atoms with Crippen molar-refractivity contribution < 1.29 is 4.74 Å². The van der Waals surface area contributed by atoms with E-state index >= 15 is 0 Å². The van der Waals surface area contributed by atoms with Crippen molar-refractivity contribution in [2.45, 2.75) is 6.92 Å². The van der Waals surface area contributed by atoms with Crippen LogP contribution in [0.3, 0.4) is 0 Å². The smallest absolute Gasteiger partial charge is 0.0853 e. The maximum absolute atomic E-state index is 4.78. The van der Waals surface area contributed by atoms with Crippen LogP contribution in [0.2, 0.25) is 0 Å². The molecule has 0 aromatic rings. The standard InChI is InChI=1S/C8H13NO/c1-8(7-10-3)5-4-6-9-2/h4-7H,1-3H3/b5-4-,8-7+,9-6?. The molecule has 0 saturated carbocycles. The summed E-state index contributed by atoms with van der Waals surface area (Å²) in [5.74, 6) is 0. The summed E-state index contributed by atoms with van der Waals surface area (Å²) in [6.07, 6.45) is 7.20. The van der Waals surface area contributed by atoms with Gasteiger partial charge >= 0.3 is 0 Å². The summed E-state index contributed by atoms with van der Waals surface area (Å²) in [6.45, 7) is 1.96. The van der Waals surface area contributed by atoms with Gasteiger partial charge in [0.15, 0.2) is 0 Å². The van der Waals surface area contributed by atoms with Crippen LogP contribution in [0.1, 0.15) is 6.92 Å². The second-order valence-electron chi connectivity index (χ2n) is 1.86. The Kier molecular flexibility index (Phi) is 5.44. The first kappa shape index (κ1) is 8.95. The van der Waals surface area contributed by atoms with Crippen molar-refractivity contribution in [3.63, 3.8) is 0 Å². The lowest BCUT2D eigenvalue weighted by Gasteiger charge is -1.88. The molecule has 0 spiro atoms. The van der Waals surface area contributed by atoms with Crippen LogP contribution in [-0.2, 0) is 4.74 Å². The van der Waals surface area contributed by atoms with E-state index < -0.39 is 0 Å². The normalized spacial score (nSPS) is 13.3. The number of hydrogen-bond acceptors (Lipinski definition) is 2. The number of hydrogen-bond donors (Lipinski definition) is 0. The first-order valence-corrected chi connectivity index (χ1v) is 3.09. The van der Waals surface area contributed by atoms with Gasteiger partial charge in [-0.05, 0) is 18.6 Å². The quantitative estimate of drug-likeness (QED) is 0.332. The van der Waals surface area contributed by atoms with Crippen LogP contribution in [0.25, 0.3) is 0 Å². The fraction of sp³-hybridized carbons (Fsp3) is 0.375. The molecule has 0 amide bonds. The van der Waals surface area contributed by atoms with Gasteiger partial charge in [0.25, 0.3) is 0 Å². The van der Waals surface area contributed by atoms with E-state index in [1.165, 1.54) is 0 Å². The highest BCUT2D eigenvalue weighted by molar-refractivity contribution is 5.71. The largest absolute Gasteiger partial charge is 0.504 e. The highest BCUT2D eigenvalue weighted by Gasteiger charge is 1.76. The lowest BCUT2D eigenvalue weighted by molar-refractivity contribution is 0.335. The highest BCUT2D eigenvalue weighted by Crippen LogP contribution is 1.92. The van der Waals surface area contributed by atoms with Gasteiger partial charge in [0, 0.05) is 13.3 Å². The molecule has 10 heavy (non-hydrogen) atoms. The van der Waals surface area contributed by atoms with Crippen LogP contribution in [0, 0.1) is 0 Å². The van der Waals surface area contributed by atoms with Crippen LogP contribution in [0.5, 0.6) is 0 Å². The van der Waals surface area contributed by atoms with E-state index in [-0.39, 0.29) is 0 Å². The van der Waals surface area contributed by atoms with Gasteiger partial charge in [0.05, 0.1) is 13.4 Å². The van der Waals surface area contributed by atoms with Gasteiger partial charge in [0.1, 0.15) is 0 Å². The predicted molar refractivity (Wildman–Crippen MR) is 44.3 cm³/mol. The molecule has 0 radical (unpaired) electrons. The number of nitrogens with zero attached hydrogens (tertiary/aromatic N) is 1. The van der Waals surface area contributed by atoms with Gasteiger partial charge in [-0.3, -0.25) is 4.99 Å². The van der Waals surface area contributed by atoms with Crippen LogP contribution in [0.15, 0.2) is 29.0 Å². The molecule has 0 unspecified atom stereocenters. The van der Waals surface area contributed by atoms with Gasteiger partial charge < -0.3 is 4.74 Å². The van der Waals surface area contributed by atoms with E-state index in [9.17, 15) is 0 Å². The molecule has 0 aromatic heterocycles. The minimum Gasteiger partial charge on any atom is -0.504 e. The first-order valence-electron chi connectivity index (χ1n) is 3.09. The molecule has 0 atom stereocenters. The van der Waals surface area contributed by atoms with E-state index in [0.29, 0.717) is 0 Å². The maximum atomic E-state index is 4.78. The summed E-state index contributed by atoms with van der Waals surface area (Å²) in [5.41, 5.74) is 1.07. The molecule has 0 saturated heterocycles. The predicted octanol–water partition coefficient (Wildman–Crippen LogP) is 1.79.